The van der Waals surface area contributed by atoms with Crippen molar-refractivity contribution in [3.63, 3.8) is 0 Å². The third kappa shape index (κ3) is 8.03. The van der Waals surface area contributed by atoms with Gasteiger partial charge in [0.25, 0.3) is 11.9 Å². The summed E-state index contributed by atoms with van der Waals surface area (Å²) in [5.74, 6) is -3.99. The van der Waals surface area contributed by atoms with Crippen LogP contribution in [0.4, 0.5) is 24.5 Å². The van der Waals surface area contributed by atoms with Crippen molar-refractivity contribution in [1.82, 2.24) is 10.2 Å². The highest BCUT2D eigenvalue weighted by Gasteiger charge is 2.44. The largest absolute Gasteiger partial charge is 0.481 e. The zero-order valence-electron chi connectivity index (χ0n) is 20.2. The van der Waals surface area contributed by atoms with Crippen LogP contribution in [0.5, 0.6) is 0 Å². The second-order valence-corrected chi connectivity index (χ2v) is 10.4. The van der Waals surface area contributed by atoms with Crippen molar-refractivity contribution in [1.29, 1.82) is 0 Å². The molecule has 2 saturated heterocycles. The number of anilines is 2. The standard InChI is InChI=1S/C23H25F3IN3O3.C2H4O2/c24-17-3-2-16(21(20(17)26)29-19-4-1-15(27)9-18(19)25)22(31)30-12-23(32,13-30)11-28-10-14-5-7-33-8-6-14;1-2(3)4/h1-4,9,14,28-29,32H,5-8,10-13H2;1H3,(H,3,4). The number of benzene rings is 2. The first kappa shape index (κ1) is 29.1. The summed E-state index contributed by atoms with van der Waals surface area (Å²) in [6.45, 7) is 3.78. The van der Waals surface area contributed by atoms with E-state index in [2.05, 4.69) is 10.6 Å². The maximum absolute atomic E-state index is 14.6. The number of carbonyl (C=O) groups excluding carboxylic acids is 1. The number of carboxylic acids is 1. The number of aliphatic carboxylic acids is 1. The zero-order valence-corrected chi connectivity index (χ0v) is 22.4. The summed E-state index contributed by atoms with van der Waals surface area (Å²) in [4.78, 5) is 23.4. The van der Waals surface area contributed by atoms with Gasteiger partial charge in [-0.15, -0.1) is 0 Å². The van der Waals surface area contributed by atoms with E-state index in [1.54, 1.807) is 6.07 Å². The Labute approximate surface area is 226 Å². The summed E-state index contributed by atoms with van der Waals surface area (Å²) in [6, 6.07) is 6.26. The van der Waals surface area contributed by atoms with Crippen molar-refractivity contribution >= 4 is 45.8 Å². The first-order chi connectivity index (χ1) is 17.5. The van der Waals surface area contributed by atoms with Gasteiger partial charge in [-0.3, -0.25) is 9.59 Å². The highest BCUT2D eigenvalue weighted by atomic mass is 127. The van der Waals surface area contributed by atoms with Crippen LogP contribution in [0.1, 0.15) is 30.1 Å². The Kier molecular flexibility index (Phi) is 10.2. The number of β-amino-alcohol motifs (C(OH)–C–C–N with tert-alkyl or cyclic N) is 1. The van der Waals surface area contributed by atoms with Crippen LogP contribution in [-0.2, 0) is 9.53 Å². The molecule has 0 saturated carbocycles. The molecule has 2 heterocycles. The molecular weight excluding hydrogens is 606 g/mol. The Bertz CT molecular complexity index is 1120. The third-order valence-electron chi connectivity index (χ3n) is 6.00. The highest BCUT2D eigenvalue weighted by Crippen LogP contribution is 2.31. The van der Waals surface area contributed by atoms with Gasteiger partial charge in [0.15, 0.2) is 11.6 Å². The number of carbonyl (C=O) groups is 2. The van der Waals surface area contributed by atoms with Gasteiger partial charge in [0.05, 0.1) is 30.0 Å². The lowest BCUT2D eigenvalue weighted by Crippen LogP contribution is -2.67. The van der Waals surface area contributed by atoms with Gasteiger partial charge in [-0.1, -0.05) is 0 Å². The number of carboxylic acid groups (broad SMARTS) is 1. The molecule has 4 N–H and O–H groups in total. The predicted molar refractivity (Wildman–Crippen MR) is 139 cm³/mol. The molecule has 12 heteroatoms. The van der Waals surface area contributed by atoms with Gasteiger partial charge in [0, 0.05) is 30.3 Å². The molecule has 4 rings (SSSR count). The summed E-state index contributed by atoms with van der Waals surface area (Å²) in [5.41, 5.74) is -1.74. The molecule has 0 radical (unpaired) electrons. The van der Waals surface area contributed by atoms with E-state index in [9.17, 15) is 23.1 Å². The number of nitrogens with one attached hydrogen (secondary N) is 2. The molecule has 2 aliphatic rings. The molecule has 0 aliphatic carbocycles. The number of rotatable bonds is 7. The highest BCUT2D eigenvalue weighted by molar-refractivity contribution is 14.1. The molecule has 0 aromatic heterocycles. The van der Waals surface area contributed by atoms with Gasteiger partial charge in [0.1, 0.15) is 11.4 Å². The van der Waals surface area contributed by atoms with Crippen LogP contribution < -0.4 is 10.6 Å². The van der Waals surface area contributed by atoms with E-state index >= 15 is 0 Å². The maximum Gasteiger partial charge on any atom is 0.300 e. The van der Waals surface area contributed by atoms with Gasteiger partial charge in [0.2, 0.25) is 0 Å². The minimum Gasteiger partial charge on any atom is -0.481 e. The Morgan fingerprint density at radius 1 is 1.14 bits per heavy atom. The fourth-order valence-electron chi connectivity index (χ4n) is 4.13. The van der Waals surface area contributed by atoms with E-state index in [0.29, 0.717) is 16.0 Å². The molecule has 0 spiro atoms. The number of aliphatic hydroxyl groups is 1. The van der Waals surface area contributed by atoms with Crippen LogP contribution >= 0.6 is 22.6 Å². The van der Waals surface area contributed by atoms with Gasteiger partial charge in [-0.05, 0) is 78.2 Å². The van der Waals surface area contributed by atoms with Gasteiger partial charge >= 0.3 is 0 Å². The number of likely N-dealkylation sites (tertiary alicyclic amines) is 1. The molecule has 2 fully saturated rings. The van der Waals surface area contributed by atoms with E-state index in [1.165, 1.54) is 17.0 Å². The first-order valence-corrected chi connectivity index (χ1v) is 12.8. The van der Waals surface area contributed by atoms with Crippen molar-refractivity contribution in [2.45, 2.75) is 25.4 Å². The number of halogens is 4. The Hall–Kier alpha value is -2.42. The molecule has 1 amide bonds. The van der Waals surface area contributed by atoms with E-state index in [-0.39, 0.29) is 24.3 Å². The lowest BCUT2D eigenvalue weighted by molar-refractivity contribution is -0.134. The molecule has 37 heavy (non-hydrogen) atoms. The van der Waals surface area contributed by atoms with E-state index < -0.39 is 40.6 Å². The van der Waals surface area contributed by atoms with E-state index in [4.69, 9.17) is 14.6 Å². The van der Waals surface area contributed by atoms with Crippen LogP contribution in [0.25, 0.3) is 0 Å². The Morgan fingerprint density at radius 3 is 2.41 bits per heavy atom. The van der Waals surface area contributed by atoms with Crippen molar-refractivity contribution < 1.29 is 37.7 Å². The normalized spacial score (nSPS) is 16.9. The molecule has 8 nitrogen and oxygen atoms in total. The molecule has 0 unspecified atom stereocenters. The van der Waals surface area contributed by atoms with Gasteiger partial charge < -0.3 is 30.5 Å². The summed E-state index contributed by atoms with van der Waals surface area (Å²) in [5, 5.41) is 23.9. The Balaban J connectivity index is 0.000000886. The smallest absolute Gasteiger partial charge is 0.300 e. The molecular formula is C25H29F3IN3O5. The van der Waals surface area contributed by atoms with Crippen molar-refractivity contribution in [3.05, 3.63) is 56.9 Å². The number of amides is 1. The number of hydrogen-bond acceptors (Lipinski definition) is 6. The van der Waals surface area contributed by atoms with Crippen molar-refractivity contribution in [3.8, 4) is 0 Å². The Morgan fingerprint density at radius 2 is 1.78 bits per heavy atom. The minimum absolute atomic E-state index is 0.0585. The molecule has 2 aromatic rings. The van der Waals surface area contributed by atoms with Crippen molar-refractivity contribution in [2.24, 2.45) is 5.92 Å². The quantitative estimate of drug-likeness (QED) is 0.344. The third-order valence-corrected chi connectivity index (χ3v) is 6.67. The second-order valence-electron chi connectivity index (χ2n) is 9.12. The van der Waals surface area contributed by atoms with E-state index in [1.807, 2.05) is 22.6 Å². The summed E-state index contributed by atoms with van der Waals surface area (Å²) < 4.78 is 48.8. The molecule has 0 atom stereocenters. The van der Waals surface area contributed by atoms with Crippen LogP contribution in [0, 0.1) is 26.9 Å². The second kappa shape index (κ2) is 12.9. The van der Waals surface area contributed by atoms with Crippen molar-refractivity contribution in [2.75, 3.05) is 44.7 Å². The SMILES string of the molecule is CC(=O)O.O=C(c1ccc(F)c(F)c1Nc1ccc(I)cc1F)N1CC(O)(CNCC2CCOCC2)C1. The zero-order chi connectivity index (χ0) is 27.2. The van der Waals surface area contributed by atoms with Crippen LogP contribution in [0.3, 0.4) is 0 Å². The van der Waals surface area contributed by atoms with Crippen LogP contribution in [-0.4, -0.2) is 72.0 Å². The van der Waals surface area contributed by atoms with Gasteiger partial charge in [-0.25, -0.2) is 13.2 Å². The minimum atomic E-state index is -1.27. The predicted octanol–water partition coefficient (Wildman–Crippen LogP) is 3.75. The average Bonchev–Trinajstić information content (AvgIpc) is 2.82. The number of nitrogens with zero attached hydrogens (tertiary/aromatic N) is 1. The average molecular weight is 635 g/mol. The summed E-state index contributed by atoms with van der Waals surface area (Å²) in [6.07, 6.45) is 1.95. The van der Waals surface area contributed by atoms with Gasteiger partial charge in [-0.2, -0.15) is 0 Å². The molecule has 202 valence electrons. The molecule has 2 aliphatic heterocycles. The first-order valence-electron chi connectivity index (χ1n) is 11.7. The monoisotopic (exact) mass is 635 g/mol. The fourth-order valence-corrected chi connectivity index (χ4v) is 4.58. The lowest BCUT2D eigenvalue weighted by atomic mass is 9.92. The number of ether oxygens (including phenoxy) is 1. The fraction of sp³-hybridized carbons (Fsp3) is 0.440. The molecule has 2 aromatic carbocycles. The summed E-state index contributed by atoms with van der Waals surface area (Å²) in [7, 11) is 0. The molecule has 0 bridgehead atoms. The lowest BCUT2D eigenvalue weighted by Gasteiger charge is -2.47. The van der Waals surface area contributed by atoms with Crippen LogP contribution in [0.15, 0.2) is 30.3 Å². The summed E-state index contributed by atoms with van der Waals surface area (Å²) >= 11 is 1.93. The van der Waals surface area contributed by atoms with E-state index in [0.717, 1.165) is 51.7 Å². The van der Waals surface area contributed by atoms with Crippen LogP contribution in [0.2, 0.25) is 0 Å². The number of hydrogen-bond donors (Lipinski definition) is 4. The maximum atomic E-state index is 14.6. The topological polar surface area (TPSA) is 111 Å².